The molecule has 1 aromatic heterocycles. The number of hydrogen-bond donors (Lipinski definition) is 1. The number of para-hydroxylation sites is 1. The second-order valence-corrected chi connectivity index (χ2v) is 10.1. The van der Waals surface area contributed by atoms with E-state index in [9.17, 15) is 22.0 Å². The second-order valence-electron chi connectivity index (χ2n) is 8.18. The van der Waals surface area contributed by atoms with Crippen LogP contribution in [0.2, 0.25) is 0 Å². The Bertz CT molecular complexity index is 1150. The molecule has 33 heavy (non-hydrogen) atoms. The van der Waals surface area contributed by atoms with Crippen molar-refractivity contribution in [2.24, 2.45) is 11.8 Å². The highest BCUT2D eigenvalue weighted by Gasteiger charge is 2.50. The van der Waals surface area contributed by atoms with Gasteiger partial charge in [0.25, 0.3) is 5.91 Å². The molecule has 0 bridgehead atoms. The number of nitrogens with zero attached hydrogens (tertiary/aromatic N) is 2. The van der Waals surface area contributed by atoms with Crippen LogP contribution in [0.1, 0.15) is 29.0 Å². The molecule has 1 atom stereocenters. The lowest BCUT2D eigenvalue weighted by molar-refractivity contribution is -0.0411. The number of rotatable bonds is 9. The molecular weight excluding hydrogens is 456 g/mol. The summed E-state index contributed by atoms with van der Waals surface area (Å²) in [4.78, 5) is 20.7. The number of hydrogen-bond acceptors (Lipinski definition) is 7. The van der Waals surface area contributed by atoms with E-state index in [4.69, 9.17) is 9.47 Å². The molecule has 1 aromatic carbocycles. The van der Waals surface area contributed by atoms with Gasteiger partial charge >= 0.3 is 5.92 Å². The van der Waals surface area contributed by atoms with E-state index in [0.717, 1.165) is 17.9 Å². The summed E-state index contributed by atoms with van der Waals surface area (Å²) in [6, 6.07) is 7.69. The third kappa shape index (κ3) is 5.72. The fourth-order valence-corrected chi connectivity index (χ4v) is 3.68. The number of nitrogens with one attached hydrogen (secondary N) is 1. The normalized spacial score (nSPS) is 18.0. The predicted octanol–water partition coefficient (Wildman–Crippen LogP) is 3.07. The van der Waals surface area contributed by atoms with Crippen LogP contribution in [0.3, 0.4) is 0 Å². The van der Waals surface area contributed by atoms with Gasteiger partial charge in [0, 0.05) is 29.7 Å². The summed E-state index contributed by atoms with van der Waals surface area (Å²) in [6.07, 6.45) is 4.18. The van der Waals surface area contributed by atoms with Crippen LogP contribution < -0.4 is 10.1 Å². The van der Waals surface area contributed by atoms with Crippen LogP contribution in [0.15, 0.2) is 48.0 Å². The standard InChI is InChI=1S/C22H23F2N3O5S/c1-33(29,30)10-9-18(14-12-31-13-14)26-19(28)17-11-25-21(22(23,24)15-7-8-15)27-20(17)32-16-5-3-2-4-6-16/h2-6,9-11,14-15,18H,7-8,12-13H2,1H3,(H,26,28)/b10-9+. The van der Waals surface area contributed by atoms with Crippen molar-refractivity contribution in [3.05, 3.63) is 59.4 Å². The third-order valence-electron chi connectivity index (χ3n) is 5.35. The van der Waals surface area contributed by atoms with Gasteiger partial charge in [-0.3, -0.25) is 4.79 Å². The van der Waals surface area contributed by atoms with E-state index < -0.39 is 39.5 Å². The van der Waals surface area contributed by atoms with Gasteiger partial charge in [-0.1, -0.05) is 24.3 Å². The van der Waals surface area contributed by atoms with E-state index in [-0.39, 0.29) is 17.4 Å². The second kappa shape index (κ2) is 9.14. The molecule has 176 valence electrons. The maximum atomic E-state index is 14.6. The number of aromatic nitrogens is 2. The van der Waals surface area contributed by atoms with Crippen LogP contribution in [-0.2, 0) is 20.5 Å². The molecule has 1 saturated carbocycles. The minimum atomic E-state index is -3.42. The number of amides is 1. The van der Waals surface area contributed by atoms with E-state index in [2.05, 4.69) is 15.3 Å². The Kier molecular flexibility index (Phi) is 6.44. The fraction of sp³-hybridized carbons (Fsp3) is 0.409. The quantitative estimate of drug-likeness (QED) is 0.589. The minimum Gasteiger partial charge on any atom is -0.438 e. The van der Waals surface area contributed by atoms with E-state index >= 15 is 0 Å². The SMILES string of the molecule is CS(=O)(=O)/C=C/C(NC(=O)c1cnc(C(F)(F)C2CC2)nc1Oc1ccccc1)C1COC1. The molecule has 1 N–H and O–H groups in total. The van der Waals surface area contributed by atoms with E-state index in [0.29, 0.717) is 31.8 Å². The summed E-state index contributed by atoms with van der Waals surface area (Å²) in [6.45, 7) is 0.685. The zero-order valence-electron chi connectivity index (χ0n) is 17.8. The lowest BCUT2D eigenvalue weighted by Gasteiger charge is -2.32. The van der Waals surface area contributed by atoms with Crippen LogP contribution in [0.4, 0.5) is 8.78 Å². The van der Waals surface area contributed by atoms with Gasteiger partial charge in [0.15, 0.2) is 9.84 Å². The number of carbonyl (C=O) groups is 1. The van der Waals surface area contributed by atoms with E-state index in [1.807, 2.05) is 0 Å². The van der Waals surface area contributed by atoms with Gasteiger partial charge in [0.1, 0.15) is 11.3 Å². The summed E-state index contributed by atoms with van der Waals surface area (Å²) in [7, 11) is -3.42. The van der Waals surface area contributed by atoms with E-state index in [1.165, 1.54) is 6.08 Å². The number of carbonyl (C=O) groups excluding carboxylic acids is 1. The maximum absolute atomic E-state index is 14.6. The first kappa shape index (κ1) is 23.2. The molecule has 1 amide bonds. The Morgan fingerprint density at radius 1 is 1.27 bits per heavy atom. The number of ether oxygens (including phenoxy) is 2. The van der Waals surface area contributed by atoms with Gasteiger partial charge in [0.2, 0.25) is 11.7 Å². The van der Waals surface area contributed by atoms with Crippen LogP contribution in [0.5, 0.6) is 11.6 Å². The van der Waals surface area contributed by atoms with Crippen LogP contribution in [-0.4, -0.2) is 49.8 Å². The van der Waals surface area contributed by atoms with Gasteiger partial charge < -0.3 is 14.8 Å². The first-order valence-corrected chi connectivity index (χ1v) is 12.3. The summed E-state index contributed by atoms with van der Waals surface area (Å²) in [5, 5.41) is 3.72. The molecule has 1 saturated heterocycles. The van der Waals surface area contributed by atoms with Crippen LogP contribution in [0, 0.1) is 11.8 Å². The highest BCUT2D eigenvalue weighted by atomic mass is 32.2. The molecule has 1 aliphatic carbocycles. The Balaban J connectivity index is 1.64. The summed E-state index contributed by atoms with van der Waals surface area (Å²) in [5.41, 5.74) is -0.146. The maximum Gasteiger partial charge on any atom is 0.309 e. The molecule has 8 nitrogen and oxygen atoms in total. The molecule has 2 aliphatic rings. The number of benzene rings is 1. The summed E-state index contributed by atoms with van der Waals surface area (Å²) >= 11 is 0. The first-order valence-electron chi connectivity index (χ1n) is 10.4. The zero-order valence-corrected chi connectivity index (χ0v) is 18.6. The van der Waals surface area contributed by atoms with Gasteiger partial charge in [-0.25, -0.2) is 13.4 Å². The largest absolute Gasteiger partial charge is 0.438 e. The molecule has 0 spiro atoms. The number of alkyl halides is 2. The van der Waals surface area contributed by atoms with Gasteiger partial charge in [-0.05, 0) is 25.0 Å². The van der Waals surface area contributed by atoms with Gasteiger partial charge in [-0.2, -0.15) is 13.8 Å². The van der Waals surface area contributed by atoms with Crippen LogP contribution in [0.25, 0.3) is 0 Å². The zero-order chi connectivity index (χ0) is 23.6. The fourth-order valence-electron chi connectivity index (χ4n) is 3.23. The molecule has 4 rings (SSSR count). The topological polar surface area (TPSA) is 107 Å². The highest BCUT2D eigenvalue weighted by Crippen LogP contribution is 2.48. The van der Waals surface area contributed by atoms with Crippen molar-refractivity contribution in [2.45, 2.75) is 24.8 Å². The van der Waals surface area contributed by atoms with Crippen molar-refractivity contribution in [3.8, 4) is 11.6 Å². The molecule has 2 aromatic rings. The molecule has 11 heteroatoms. The van der Waals surface area contributed by atoms with Crippen molar-refractivity contribution in [3.63, 3.8) is 0 Å². The van der Waals surface area contributed by atoms with E-state index in [1.54, 1.807) is 30.3 Å². The predicted molar refractivity (Wildman–Crippen MR) is 115 cm³/mol. The Morgan fingerprint density at radius 3 is 2.55 bits per heavy atom. The van der Waals surface area contributed by atoms with Crippen LogP contribution >= 0.6 is 0 Å². The average molecular weight is 480 g/mol. The molecule has 1 unspecified atom stereocenters. The Morgan fingerprint density at radius 2 is 1.97 bits per heavy atom. The molecule has 2 fully saturated rings. The monoisotopic (exact) mass is 479 g/mol. The molecule has 0 radical (unpaired) electrons. The van der Waals surface area contributed by atoms with Crippen molar-refractivity contribution < 1.29 is 31.5 Å². The number of halogens is 2. The minimum absolute atomic E-state index is 0.134. The van der Waals surface area contributed by atoms with Crippen molar-refractivity contribution in [1.82, 2.24) is 15.3 Å². The lowest BCUT2D eigenvalue weighted by atomic mass is 9.98. The molecule has 2 heterocycles. The molecular formula is C22H23F2N3O5S. The summed E-state index contributed by atoms with van der Waals surface area (Å²) in [5.74, 6) is -5.57. The van der Waals surface area contributed by atoms with Crippen molar-refractivity contribution >= 4 is 15.7 Å². The smallest absolute Gasteiger partial charge is 0.309 e. The lowest BCUT2D eigenvalue weighted by Crippen LogP contribution is -2.47. The Labute approximate surface area is 190 Å². The molecule has 1 aliphatic heterocycles. The van der Waals surface area contributed by atoms with Gasteiger partial charge in [0.05, 0.1) is 19.3 Å². The number of sulfone groups is 1. The van der Waals surface area contributed by atoms with Crippen molar-refractivity contribution in [1.29, 1.82) is 0 Å². The van der Waals surface area contributed by atoms with Crippen molar-refractivity contribution in [2.75, 3.05) is 19.5 Å². The Hall–Kier alpha value is -2.92. The first-order chi connectivity index (χ1) is 15.6. The summed E-state index contributed by atoms with van der Waals surface area (Å²) < 4.78 is 63.1. The average Bonchev–Trinajstić information content (AvgIpc) is 3.57. The van der Waals surface area contributed by atoms with Gasteiger partial charge in [-0.15, -0.1) is 0 Å². The highest BCUT2D eigenvalue weighted by molar-refractivity contribution is 7.93. The third-order valence-corrected chi connectivity index (χ3v) is 6.00.